The van der Waals surface area contributed by atoms with Gasteiger partial charge in [-0.3, -0.25) is 4.79 Å². The molecule has 1 unspecified atom stereocenters. The van der Waals surface area contributed by atoms with Crippen LogP contribution >= 0.6 is 0 Å². The molecule has 2 amide bonds. The Morgan fingerprint density at radius 1 is 1.38 bits per heavy atom. The third-order valence-electron chi connectivity index (χ3n) is 3.06. The highest BCUT2D eigenvalue weighted by Gasteiger charge is 2.38. The zero-order chi connectivity index (χ0) is 12.5. The van der Waals surface area contributed by atoms with Crippen molar-refractivity contribution >= 4 is 11.8 Å². The number of hydrogen-bond donors (Lipinski definition) is 0. The average Bonchev–Trinajstić information content (AvgIpc) is 2.15. The Morgan fingerprint density at radius 3 is 2.38 bits per heavy atom. The second-order valence-corrected chi connectivity index (χ2v) is 5.75. The van der Waals surface area contributed by atoms with Gasteiger partial charge in [0.2, 0.25) is 0 Å². The van der Waals surface area contributed by atoms with E-state index in [1.165, 1.54) is 0 Å². The van der Waals surface area contributed by atoms with Gasteiger partial charge < -0.3 is 9.80 Å². The molecular weight excluding hydrogens is 204 g/mol. The molecule has 1 atom stereocenters. The van der Waals surface area contributed by atoms with E-state index in [-0.39, 0.29) is 23.3 Å². The number of carbonyl (C=O) groups is 2. The molecule has 92 valence electrons. The molecule has 0 N–H and O–H groups in total. The summed E-state index contributed by atoms with van der Waals surface area (Å²) in [6.45, 7) is 6.78. The molecule has 4 nitrogen and oxygen atoms in total. The lowest BCUT2D eigenvalue weighted by molar-refractivity contribution is -0.124. The minimum absolute atomic E-state index is 0.00688. The maximum Gasteiger partial charge on any atom is 0.319 e. The van der Waals surface area contributed by atoms with Gasteiger partial charge in [-0.05, 0) is 5.41 Å². The molecule has 0 aromatic carbocycles. The standard InChI is InChI=1S/C12H22N2O2/c1-12(2,3)10-8-9(15)6-7-14(10)11(16)13(4)5/h10H,6-8H2,1-5H3. The molecule has 1 aliphatic heterocycles. The summed E-state index contributed by atoms with van der Waals surface area (Å²) in [5.41, 5.74) is -0.0538. The topological polar surface area (TPSA) is 40.6 Å². The maximum absolute atomic E-state index is 12.0. The van der Waals surface area contributed by atoms with E-state index in [9.17, 15) is 9.59 Å². The number of piperidine rings is 1. The Kier molecular flexibility index (Phi) is 3.61. The summed E-state index contributed by atoms with van der Waals surface area (Å²) in [6, 6.07) is 0.0241. The first-order valence-corrected chi connectivity index (χ1v) is 5.73. The summed E-state index contributed by atoms with van der Waals surface area (Å²) < 4.78 is 0. The molecule has 0 bridgehead atoms. The van der Waals surface area contributed by atoms with Crippen molar-refractivity contribution in [3.05, 3.63) is 0 Å². The summed E-state index contributed by atoms with van der Waals surface area (Å²) in [5, 5.41) is 0. The number of ketones is 1. The molecule has 1 rings (SSSR count). The fourth-order valence-electron chi connectivity index (χ4n) is 2.09. The van der Waals surface area contributed by atoms with E-state index in [1.807, 2.05) is 4.90 Å². The fraction of sp³-hybridized carbons (Fsp3) is 0.833. The number of hydrogen-bond acceptors (Lipinski definition) is 2. The molecule has 0 radical (unpaired) electrons. The molecule has 0 spiro atoms. The molecule has 0 aromatic rings. The number of amides is 2. The minimum atomic E-state index is -0.0538. The first-order valence-electron chi connectivity index (χ1n) is 5.73. The van der Waals surface area contributed by atoms with Crippen molar-refractivity contribution in [1.82, 2.24) is 9.80 Å². The van der Waals surface area contributed by atoms with Gasteiger partial charge in [0.05, 0.1) is 0 Å². The monoisotopic (exact) mass is 226 g/mol. The second kappa shape index (κ2) is 4.44. The van der Waals surface area contributed by atoms with Crippen LogP contribution in [0.15, 0.2) is 0 Å². The van der Waals surface area contributed by atoms with E-state index in [0.29, 0.717) is 19.4 Å². The lowest BCUT2D eigenvalue weighted by Crippen LogP contribution is -2.54. The van der Waals surface area contributed by atoms with Crippen LogP contribution in [0.1, 0.15) is 33.6 Å². The van der Waals surface area contributed by atoms with Crippen LogP contribution in [0.2, 0.25) is 0 Å². The van der Waals surface area contributed by atoms with Crippen LogP contribution in [0.3, 0.4) is 0 Å². The Balaban J connectivity index is 2.89. The van der Waals surface area contributed by atoms with Gasteiger partial charge in [-0.2, -0.15) is 0 Å². The van der Waals surface area contributed by atoms with Crippen LogP contribution in [0.25, 0.3) is 0 Å². The summed E-state index contributed by atoms with van der Waals surface area (Å²) in [7, 11) is 3.50. The number of urea groups is 1. The third kappa shape index (κ3) is 2.74. The van der Waals surface area contributed by atoms with Crippen molar-refractivity contribution in [1.29, 1.82) is 0 Å². The molecule has 16 heavy (non-hydrogen) atoms. The van der Waals surface area contributed by atoms with E-state index in [4.69, 9.17) is 0 Å². The zero-order valence-electron chi connectivity index (χ0n) is 10.9. The minimum Gasteiger partial charge on any atom is -0.331 e. The van der Waals surface area contributed by atoms with Crippen LogP contribution in [-0.2, 0) is 4.79 Å². The number of Topliss-reactive ketones (excluding diaryl/α,β-unsaturated/α-hetero) is 1. The van der Waals surface area contributed by atoms with Crippen LogP contribution in [0, 0.1) is 5.41 Å². The van der Waals surface area contributed by atoms with Crippen LogP contribution in [0.4, 0.5) is 4.79 Å². The van der Waals surface area contributed by atoms with Gasteiger partial charge in [0.25, 0.3) is 0 Å². The number of likely N-dealkylation sites (tertiary alicyclic amines) is 1. The van der Waals surface area contributed by atoms with Gasteiger partial charge in [-0.15, -0.1) is 0 Å². The number of rotatable bonds is 0. The van der Waals surface area contributed by atoms with E-state index >= 15 is 0 Å². The Morgan fingerprint density at radius 2 is 1.94 bits per heavy atom. The van der Waals surface area contributed by atoms with Crippen molar-refractivity contribution < 1.29 is 9.59 Å². The summed E-state index contributed by atoms with van der Waals surface area (Å²) in [4.78, 5) is 26.9. The molecule has 0 saturated carbocycles. The Labute approximate surface area is 97.6 Å². The second-order valence-electron chi connectivity index (χ2n) is 5.75. The molecule has 0 aromatic heterocycles. The molecule has 1 saturated heterocycles. The van der Waals surface area contributed by atoms with Crippen LogP contribution < -0.4 is 0 Å². The van der Waals surface area contributed by atoms with Crippen molar-refractivity contribution in [3.63, 3.8) is 0 Å². The van der Waals surface area contributed by atoms with Gasteiger partial charge in [-0.25, -0.2) is 4.79 Å². The van der Waals surface area contributed by atoms with Gasteiger partial charge in [0, 0.05) is 39.5 Å². The van der Waals surface area contributed by atoms with Gasteiger partial charge in [0.15, 0.2) is 0 Å². The quantitative estimate of drug-likeness (QED) is 0.631. The molecule has 1 heterocycles. The van der Waals surface area contributed by atoms with Crippen LogP contribution in [0.5, 0.6) is 0 Å². The molecule has 4 heteroatoms. The summed E-state index contributed by atoms with van der Waals surface area (Å²) in [6.07, 6.45) is 0.981. The predicted octanol–water partition coefficient (Wildman–Crippen LogP) is 1.75. The van der Waals surface area contributed by atoms with Crippen molar-refractivity contribution in [2.24, 2.45) is 5.41 Å². The average molecular weight is 226 g/mol. The molecule has 0 aliphatic carbocycles. The van der Waals surface area contributed by atoms with Crippen molar-refractivity contribution in [2.75, 3.05) is 20.6 Å². The number of nitrogens with zero attached hydrogens (tertiary/aromatic N) is 2. The summed E-state index contributed by atoms with van der Waals surface area (Å²) >= 11 is 0. The van der Waals surface area contributed by atoms with E-state index in [1.54, 1.807) is 19.0 Å². The highest BCUT2D eigenvalue weighted by Crippen LogP contribution is 2.31. The lowest BCUT2D eigenvalue weighted by Gasteiger charge is -2.43. The van der Waals surface area contributed by atoms with Crippen molar-refractivity contribution in [3.8, 4) is 0 Å². The fourth-order valence-corrected chi connectivity index (χ4v) is 2.09. The highest BCUT2D eigenvalue weighted by molar-refractivity contribution is 5.83. The maximum atomic E-state index is 12.0. The predicted molar refractivity (Wildman–Crippen MR) is 63.3 cm³/mol. The zero-order valence-corrected chi connectivity index (χ0v) is 10.9. The van der Waals surface area contributed by atoms with Gasteiger partial charge in [-0.1, -0.05) is 20.8 Å². The SMILES string of the molecule is CN(C)C(=O)N1CCC(=O)CC1C(C)(C)C. The molecule has 1 aliphatic rings. The van der Waals surface area contributed by atoms with Gasteiger partial charge >= 0.3 is 6.03 Å². The highest BCUT2D eigenvalue weighted by atomic mass is 16.2. The summed E-state index contributed by atoms with van der Waals surface area (Å²) in [5.74, 6) is 0.266. The largest absolute Gasteiger partial charge is 0.331 e. The van der Waals surface area contributed by atoms with Crippen LogP contribution in [-0.4, -0.2) is 48.3 Å². The van der Waals surface area contributed by atoms with E-state index in [2.05, 4.69) is 20.8 Å². The lowest BCUT2D eigenvalue weighted by atomic mass is 9.80. The third-order valence-corrected chi connectivity index (χ3v) is 3.06. The van der Waals surface area contributed by atoms with Crippen molar-refractivity contribution in [2.45, 2.75) is 39.7 Å². The number of carbonyl (C=O) groups excluding carboxylic acids is 2. The first-order chi connectivity index (χ1) is 7.23. The normalized spacial score (nSPS) is 22.2. The Hall–Kier alpha value is -1.06. The van der Waals surface area contributed by atoms with E-state index in [0.717, 1.165) is 0 Å². The van der Waals surface area contributed by atoms with Gasteiger partial charge in [0.1, 0.15) is 5.78 Å². The molecular formula is C12H22N2O2. The Bertz CT molecular complexity index is 292. The molecule has 1 fully saturated rings. The smallest absolute Gasteiger partial charge is 0.319 e. The first kappa shape index (κ1) is 13.0. The van der Waals surface area contributed by atoms with E-state index < -0.39 is 0 Å².